The average molecular weight is 254 g/mol. The van der Waals surface area contributed by atoms with Crippen molar-refractivity contribution in [2.24, 2.45) is 0 Å². The van der Waals surface area contributed by atoms with Gasteiger partial charge in [0.2, 0.25) is 11.8 Å². The Hall–Kier alpha value is -1.95. The molecule has 2 rings (SSSR count). The largest absolute Gasteiger partial charge is 0.424 e. The van der Waals surface area contributed by atoms with E-state index in [1.165, 1.54) is 12.1 Å². The van der Waals surface area contributed by atoms with E-state index in [4.69, 9.17) is 16.0 Å². The number of benzene rings is 1. The van der Waals surface area contributed by atoms with E-state index in [0.29, 0.717) is 18.2 Å². The van der Waals surface area contributed by atoms with Crippen molar-refractivity contribution in [3.8, 4) is 0 Å². The molecule has 1 heterocycles. The van der Waals surface area contributed by atoms with E-state index in [1.807, 2.05) is 0 Å². The fourth-order valence-electron chi connectivity index (χ4n) is 1.32. The van der Waals surface area contributed by atoms with E-state index in [-0.39, 0.29) is 11.6 Å². The average Bonchev–Trinajstić information content (AvgIpc) is 2.77. The van der Waals surface area contributed by atoms with Gasteiger partial charge in [-0.1, -0.05) is 12.1 Å². The number of nitro groups is 1. The first-order chi connectivity index (χ1) is 8.19. The molecule has 0 saturated heterocycles. The van der Waals surface area contributed by atoms with Gasteiger partial charge in [-0.15, -0.1) is 21.8 Å². The Bertz CT molecular complexity index is 524. The molecule has 0 spiro atoms. The summed E-state index contributed by atoms with van der Waals surface area (Å²) in [6.45, 7) is 0. The van der Waals surface area contributed by atoms with Gasteiger partial charge in [-0.3, -0.25) is 10.1 Å². The van der Waals surface area contributed by atoms with E-state index in [2.05, 4.69) is 10.2 Å². The zero-order valence-corrected chi connectivity index (χ0v) is 9.42. The Morgan fingerprint density at radius 2 is 1.88 bits per heavy atom. The SMILES string of the molecule is O=[N+]([O-])c1ccc(Cc2nnc(CCl)o2)cc1. The summed E-state index contributed by atoms with van der Waals surface area (Å²) in [6.07, 6.45) is 0.432. The number of hydrogen-bond acceptors (Lipinski definition) is 5. The second-order valence-electron chi connectivity index (χ2n) is 3.32. The van der Waals surface area contributed by atoms with Crippen LogP contribution in [-0.4, -0.2) is 15.1 Å². The highest BCUT2D eigenvalue weighted by Crippen LogP contribution is 2.14. The van der Waals surface area contributed by atoms with Crippen LogP contribution in [0.5, 0.6) is 0 Å². The summed E-state index contributed by atoms with van der Waals surface area (Å²) in [6, 6.07) is 6.19. The Labute approximate surface area is 101 Å². The summed E-state index contributed by atoms with van der Waals surface area (Å²) in [5.41, 5.74) is 0.918. The summed E-state index contributed by atoms with van der Waals surface area (Å²) in [7, 11) is 0. The van der Waals surface area contributed by atoms with Gasteiger partial charge in [-0.05, 0) is 5.56 Å². The fraction of sp³-hybridized carbons (Fsp3) is 0.200. The second kappa shape index (κ2) is 4.92. The molecule has 0 saturated carbocycles. The number of alkyl halides is 1. The minimum absolute atomic E-state index is 0.0562. The number of nitro benzene ring substituents is 1. The summed E-state index contributed by atoms with van der Waals surface area (Å²) < 4.78 is 5.23. The third-order valence-electron chi connectivity index (χ3n) is 2.13. The standard InChI is InChI=1S/C10H8ClN3O3/c11-6-10-13-12-9(17-10)5-7-1-3-8(4-2-7)14(15)16/h1-4H,5-6H2. The molecule has 0 amide bonds. The predicted molar refractivity (Wildman–Crippen MR) is 59.8 cm³/mol. The molecule has 6 nitrogen and oxygen atoms in total. The maximum atomic E-state index is 10.5. The Morgan fingerprint density at radius 1 is 1.24 bits per heavy atom. The van der Waals surface area contributed by atoms with Gasteiger partial charge in [-0.25, -0.2) is 0 Å². The van der Waals surface area contributed by atoms with Gasteiger partial charge in [0.25, 0.3) is 5.69 Å². The lowest BCUT2D eigenvalue weighted by Gasteiger charge is -1.96. The highest BCUT2D eigenvalue weighted by atomic mass is 35.5. The summed E-state index contributed by atoms with van der Waals surface area (Å²) in [5.74, 6) is 0.978. The minimum atomic E-state index is -0.442. The quantitative estimate of drug-likeness (QED) is 0.474. The van der Waals surface area contributed by atoms with Crippen LogP contribution in [0.4, 0.5) is 5.69 Å². The third kappa shape index (κ3) is 2.79. The van der Waals surface area contributed by atoms with E-state index >= 15 is 0 Å². The van der Waals surface area contributed by atoms with Crippen LogP contribution < -0.4 is 0 Å². The molecule has 0 fully saturated rings. The van der Waals surface area contributed by atoms with Gasteiger partial charge in [0.15, 0.2) is 0 Å². The molecule has 17 heavy (non-hydrogen) atoms. The zero-order valence-electron chi connectivity index (χ0n) is 8.67. The lowest BCUT2D eigenvalue weighted by Crippen LogP contribution is -1.91. The molecule has 2 aromatic rings. The van der Waals surface area contributed by atoms with Crippen LogP contribution in [-0.2, 0) is 12.3 Å². The number of hydrogen-bond donors (Lipinski definition) is 0. The maximum absolute atomic E-state index is 10.5. The lowest BCUT2D eigenvalue weighted by molar-refractivity contribution is -0.384. The van der Waals surface area contributed by atoms with Crippen molar-refractivity contribution in [3.63, 3.8) is 0 Å². The van der Waals surface area contributed by atoms with Crippen molar-refractivity contribution in [1.82, 2.24) is 10.2 Å². The Balaban J connectivity index is 2.10. The van der Waals surface area contributed by atoms with Crippen molar-refractivity contribution in [1.29, 1.82) is 0 Å². The van der Waals surface area contributed by atoms with Crippen molar-refractivity contribution < 1.29 is 9.34 Å². The van der Waals surface area contributed by atoms with Crippen LogP contribution in [0.1, 0.15) is 17.3 Å². The number of halogens is 1. The second-order valence-corrected chi connectivity index (χ2v) is 3.59. The topological polar surface area (TPSA) is 82.1 Å². The van der Waals surface area contributed by atoms with Crippen molar-refractivity contribution in [3.05, 3.63) is 51.7 Å². The maximum Gasteiger partial charge on any atom is 0.269 e. The van der Waals surface area contributed by atoms with E-state index in [0.717, 1.165) is 5.56 Å². The van der Waals surface area contributed by atoms with Crippen LogP contribution >= 0.6 is 11.6 Å². The van der Waals surface area contributed by atoms with E-state index in [1.54, 1.807) is 12.1 Å². The van der Waals surface area contributed by atoms with Crippen LogP contribution in [0.15, 0.2) is 28.7 Å². The molecule has 0 bridgehead atoms. The number of nitrogens with zero attached hydrogens (tertiary/aromatic N) is 3. The van der Waals surface area contributed by atoms with E-state index < -0.39 is 4.92 Å². The smallest absolute Gasteiger partial charge is 0.269 e. The molecule has 0 unspecified atom stereocenters. The third-order valence-corrected chi connectivity index (χ3v) is 2.35. The molecule has 7 heteroatoms. The molecule has 0 N–H and O–H groups in total. The Morgan fingerprint density at radius 3 is 2.41 bits per heavy atom. The van der Waals surface area contributed by atoms with Gasteiger partial charge in [0.05, 0.1) is 11.3 Å². The zero-order chi connectivity index (χ0) is 12.3. The first kappa shape index (κ1) is 11.5. The molecule has 1 aromatic heterocycles. The molecular formula is C10H8ClN3O3. The summed E-state index contributed by atoms with van der Waals surface area (Å²) in [4.78, 5) is 10.0. The fourth-order valence-corrected chi connectivity index (χ4v) is 1.43. The molecule has 0 aliphatic carbocycles. The molecule has 0 aliphatic heterocycles. The van der Waals surface area contributed by atoms with Gasteiger partial charge in [-0.2, -0.15) is 0 Å². The molecule has 1 aromatic carbocycles. The minimum Gasteiger partial charge on any atom is -0.424 e. The number of aromatic nitrogens is 2. The van der Waals surface area contributed by atoms with Gasteiger partial charge in [0, 0.05) is 12.1 Å². The molecule has 0 radical (unpaired) electrons. The molecule has 0 aliphatic rings. The molecular weight excluding hydrogens is 246 g/mol. The highest BCUT2D eigenvalue weighted by Gasteiger charge is 2.08. The van der Waals surface area contributed by atoms with Crippen molar-refractivity contribution in [2.75, 3.05) is 0 Å². The van der Waals surface area contributed by atoms with Crippen LogP contribution in [0.25, 0.3) is 0 Å². The normalized spacial score (nSPS) is 10.4. The van der Waals surface area contributed by atoms with Crippen LogP contribution in [0.2, 0.25) is 0 Å². The molecule has 88 valence electrons. The van der Waals surface area contributed by atoms with Crippen LogP contribution in [0, 0.1) is 10.1 Å². The first-order valence-electron chi connectivity index (χ1n) is 4.79. The molecule has 0 atom stereocenters. The van der Waals surface area contributed by atoms with Crippen molar-refractivity contribution >= 4 is 17.3 Å². The Kier molecular flexibility index (Phi) is 3.34. The summed E-state index contributed by atoms with van der Waals surface area (Å²) >= 11 is 5.53. The predicted octanol–water partition coefficient (Wildman–Crippen LogP) is 2.31. The summed E-state index contributed by atoms with van der Waals surface area (Å²) in [5, 5.41) is 18.0. The van der Waals surface area contributed by atoms with Gasteiger partial charge < -0.3 is 4.42 Å². The number of non-ortho nitro benzene ring substituents is 1. The highest BCUT2D eigenvalue weighted by molar-refractivity contribution is 6.16. The van der Waals surface area contributed by atoms with Crippen molar-refractivity contribution in [2.45, 2.75) is 12.3 Å². The number of rotatable bonds is 4. The van der Waals surface area contributed by atoms with E-state index in [9.17, 15) is 10.1 Å². The van der Waals surface area contributed by atoms with Gasteiger partial charge in [0.1, 0.15) is 5.88 Å². The van der Waals surface area contributed by atoms with Crippen LogP contribution in [0.3, 0.4) is 0 Å². The first-order valence-corrected chi connectivity index (χ1v) is 5.33. The van der Waals surface area contributed by atoms with Gasteiger partial charge >= 0.3 is 0 Å². The monoisotopic (exact) mass is 253 g/mol. The lowest BCUT2D eigenvalue weighted by atomic mass is 10.1.